The number of carbonyl (C=O) groups is 1. The van der Waals surface area contributed by atoms with Crippen LogP contribution in [-0.2, 0) is 25.1 Å². The van der Waals surface area contributed by atoms with Crippen molar-refractivity contribution in [2.24, 2.45) is 5.41 Å². The zero-order chi connectivity index (χ0) is 17.2. The van der Waals surface area contributed by atoms with E-state index in [1.165, 1.54) is 19.2 Å². The van der Waals surface area contributed by atoms with Crippen LogP contribution in [-0.4, -0.2) is 26.0 Å². The maximum absolute atomic E-state index is 12.0. The van der Waals surface area contributed by atoms with Crippen LogP contribution < -0.4 is 0 Å². The Balaban J connectivity index is 3.11. The molecule has 124 valence electrons. The first kappa shape index (κ1) is 18.6. The molecule has 0 spiro atoms. The zero-order valence-corrected chi connectivity index (χ0v) is 14.5. The maximum atomic E-state index is 12.0. The molecule has 1 atom stereocenters. The summed E-state index contributed by atoms with van der Waals surface area (Å²) in [4.78, 5) is 11.9. The van der Waals surface area contributed by atoms with Crippen molar-refractivity contribution in [1.29, 1.82) is 0 Å². The van der Waals surface area contributed by atoms with Crippen molar-refractivity contribution in [3.05, 3.63) is 29.8 Å². The average molecular weight is 328 g/mol. The average Bonchev–Trinajstić information content (AvgIpc) is 2.45. The van der Waals surface area contributed by atoms with Gasteiger partial charge in [-0.2, -0.15) is 8.42 Å². The van der Waals surface area contributed by atoms with E-state index in [-0.39, 0.29) is 16.3 Å². The Kier molecular flexibility index (Phi) is 5.41. The van der Waals surface area contributed by atoms with Crippen LogP contribution in [0.5, 0.6) is 0 Å². The van der Waals surface area contributed by atoms with Gasteiger partial charge in [0.05, 0.1) is 17.4 Å². The smallest absolute Gasteiger partial charge is 0.311 e. The lowest BCUT2D eigenvalue weighted by Gasteiger charge is -2.35. The Morgan fingerprint density at radius 1 is 1.18 bits per heavy atom. The Labute approximate surface area is 132 Å². The van der Waals surface area contributed by atoms with Crippen molar-refractivity contribution in [3.63, 3.8) is 0 Å². The van der Waals surface area contributed by atoms with Crippen LogP contribution >= 0.6 is 0 Å². The molecule has 0 amide bonds. The normalized spacial score (nSPS) is 15.2. The van der Waals surface area contributed by atoms with E-state index in [2.05, 4.69) is 0 Å². The minimum atomic E-state index is -4.20. The summed E-state index contributed by atoms with van der Waals surface area (Å²) in [6.45, 7) is 7.79. The third kappa shape index (κ3) is 4.08. The van der Waals surface area contributed by atoms with Crippen molar-refractivity contribution in [3.8, 4) is 0 Å². The summed E-state index contributed by atoms with van der Waals surface area (Å²) >= 11 is 0. The molecule has 22 heavy (non-hydrogen) atoms. The number of hydrogen-bond donors (Lipinski definition) is 1. The first-order valence-corrected chi connectivity index (χ1v) is 8.57. The fourth-order valence-electron chi connectivity index (χ4n) is 2.74. The minimum Gasteiger partial charge on any atom is -0.469 e. The number of hydrogen-bond acceptors (Lipinski definition) is 4. The monoisotopic (exact) mass is 328 g/mol. The summed E-state index contributed by atoms with van der Waals surface area (Å²) < 4.78 is 36.1. The van der Waals surface area contributed by atoms with E-state index >= 15 is 0 Å². The molecule has 0 saturated heterocycles. The summed E-state index contributed by atoms with van der Waals surface area (Å²) in [7, 11) is -2.82. The van der Waals surface area contributed by atoms with Gasteiger partial charge in [0.2, 0.25) is 0 Å². The molecule has 0 aliphatic heterocycles. The quantitative estimate of drug-likeness (QED) is 0.641. The fraction of sp³-hybridized carbons (Fsp3) is 0.562. The molecule has 1 unspecified atom stereocenters. The molecule has 1 aromatic carbocycles. The molecule has 0 aromatic heterocycles. The molecule has 0 bridgehead atoms. The molecule has 1 N–H and O–H groups in total. The van der Waals surface area contributed by atoms with Gasteiger partial charge in [-0.25, -0.2) is 0 Å². The van der Waals surface area contributed by atoms with E-state index in [0.717, 1.165) is 5.56 Å². The highest BCUT2D eigenvalue weighted by Gasteiger charge is 2.39. The second-order valence-electron chi connectivity index (χ2n) is 6.47. The molecule has 1 rings (SSSR count). The molecule has 0 aliphatic carbocycles. The van der Waals surface area contributed by atoms with Crippen molar-refractivity contribution >= 4 is 16.1 Å². The Bertz CT molecular complexity index is 631. The second-order valence-corrected chi connectivity index (χ2v) is 7.89. The van der Waals surface area contributed by atoms with E-state index < -0.39 is 15.5 Å². The van der Waals surface area contributed by atoms with Gasteiger partial charge < -0.3 is 4.74 Å². The van der Waals surface area contributed by atoms with Gasteiger partial charge >= 0.3 is 5.97 Å². The molecular weight excluding hydrogens is 304 g/mol. The van der Waals surface area contributed by atoms with E-state index in [9.17, 15) is 13.2 Å². The SMILES string of the molecule is CCC(C)(CC(C)(C)c1ccc(S(=O)(=O)O)cc1)C(=O)OC. The third-order valence-corrected chi connectivity index (χ3v) is 5.09. The molecule has 1 aromatic rings. The van der Waals surface area contributed by atoms with E-state index in [1.54, 1.807) is 12.1 Å². The number of methoxy groups -OCH3 is 1. The first-order valence-electron chi connectivity index (χ1n) is 7.13. The van der Waals surface area contributed by atoms with Crippen molar-refractivity contribution in [2.75, 3.05) is 7.11 Å². The molecule has 5 nitrogen and oxygen atoms in total. The molecular formula is C16H24O5S. The molecule has 0 fully saturated rings. The summed E-state index contributed by atoms with van der Waals surface area (Å²) in [6.07, 6.45) is 1.21. The Hall–Kier alpha value is -1.40. The molecule has 6 heteroatoms. The number of esters is 1. The van der Waals surface area contributed by atoms with E-state index in [4.69, 9.17) is 9.29 Å². The van der Waals surface area contributed by atoms with Crippen LogP contribution in [0.3, 0.4) is 0 Å². The highest BCUT2D eigenvalue weighted by molar-refractivity contribution is 7.85. The Morgan fingerprint density at radius 2 is 1.68 bits per heavy atom. The second kappa shape index (κ2) is 6.38. The predicted octanol–water partition coefficient (Wildman–Crippen LogP) is 3.19. The van der Waals surface area contributed by atoms with Crippen LogP contribution in [0.2, 0.25) is 0 Å². The van der Waals surface area contributed by atoms with Gasteiger partial charge in [0.1, 0.15) is 0 Å². The summed E-state index contributed by atoms with van der Waals surface area (Å²) in [6, 6.07) is 6.06. The van der Waals surface area contributed by atoms with E-state index in [1.807, 2.05) is 27.7 Å². The maximum Gasteiger partial charge on any atom is 0.311 e. The zero-order valence-electron chi connectivity index (χ0n) is 13.7. The predicted molar refractivity (Wildman–Crippen MR) is 84.3 cm³/mol. The van der Waals surface area contributed by atoms with Crippen molar-refractivity contribution in [2.45, 2.75) is 50.8 Å². The van der Waals surface area contributed by atoms with Gasteiger partial charge in [-0.05, 0) is 42.9 Å². The highest BCUT2D eigenvalue weighted by atomic mass is 32.2. The van der Waals surface area contributed by atoms with Gasteiger partial charge in [-0.3, -0.25) is 9.35 Å². The first-order chi connectivity index (χ1) is 9.96. The van der Waals surface area contributed by atoms with Crippen LogP contribution in [0.4, 0.5) is 0 Å². The van der Waals surface area contributed by atoms with Gasteiger partial charge in [0, 0.05) is 0 Å². The lowest BCUT2D eigenvalue weighted by Crippen LogP contribution is -2.35. The third-order valence-electron chi connectivity index (χ3n) is 4.22. The topological polar surface area (TPSA) is 80.7 Å². The van der Waals surface area contributed by atoms with Crippen molar-refractivity contribution in [1.82, 2.24) is 0 Å². The van der Waals surface area contributed by atoms with Crippen LogP contribution in [0.25, 0.3) is 0 Å². The van der Waals surface area contributed by atoms with Gasteiger partial charge in [-0.15, -0.1) is 0 Å². The minimum absolute atomic E-state index is 0.140. The number of ether oxygens (including phenoxy) is 1. The molecule has 0 radical (unpaired) electrons. The number of carbonyl (C=O) groups excluding carboxylic acids is 1. The summed E-state index contributed by atoms with van der Waals surface area (Å²) in [5.41, 5.74) is -0.0695. The summed E-state index contributed by atoms with van der Waals surface area (Å²) in [5.74, 6) is -0.252. The van der Waals surface area contributed by atoms with Gasteiger partial charge in [-0.1, -0.05) is 32.9 Å². The van der Waals surface area contributed by atoms with Gasteiger partial charge in [0.15, 0.2) is 0 Å². The number of rotatable bonds is 6. The van der Waals surface area contributed by atoms with Gasteiger partial charge in [0.25, 0.3) is 10.1 Å². The standard InChI is InChI=1S/C16H24O5S/c1-6-16(4,14(17)21-5)11-15(2,3)12-7-9-13(10-8-12)22(18,19)20/h7-10H,6,11H2,1-5H3,(H,18,19,20). The van der Waals surface area contributed by atoms with Crippen LogP contribution in [0.15, 0.2) is 29.2 Å². The highest BCUT2D eigenvalue weighted by Crippen LogP contribution is 2.39. The molecule has 0 saturated carbocycles. The Morgan fingerprint density at radius 3 is 2.05 bits per heavy atom. The van der Waals surface area contributed by atoms with Crippen LogP contribution in [0.1, 0.15) is 46.1 Å². The van der Waals surface area contributed by atoms with E-state index in [0.29, 0.717) is 12.8 Å². The lowest BCUT2D eigenvalue weighted by atomic mass is 9.69. The lowest BCUT2D eigenvalue weighted by molar-refractivity contribution is -0.153. The molecule has 0 aliphatic rings. The summed E-state index contributed by atoms with van der Waals surface area (Å²) in [5, 5.41) is 0. The van der Waals surface area contributed by atoms with Crippen LogP contribution in [0, 0.1) is 5.41 Å². The number of benzene rings is 1. The largest absolute Gasteiger partial charge is 0.469 e. The fourth-order valence-corrected chi connectivity index (χ4v) is 3.22. The van der Waals surface area contributed by atoms with Crippen molar-refractivity contribution < 1.29 is 22.5 Å². The molecule has 0 heterocycles.